The normalized spacial score (nSPS) is 25.2. The van der Waals surface area contributed by atoms with Crippen LogP contribution in [-0.4, -0.2) is 62.9 Å². The first-order valence-corrected chi connectivity index (χ1v) is 12.8. The molecule has 2 aromatic rings. The van der Waals surface area contributed by atoms with Gasteiger partial charge < -0.3 is 4.74 Å². The van der Waals surface area contributed by atoms with Gasteiger partial charge in [-0.15, -0.1) is 0 Å². The van der Waals surface area contributed by atoms with Gasteiger partial charge >= 0.3 is 0 Å². The molecule has 1 aliphatic carbocycles. The zero-order chi connectivity index (χ0) is 24.8. The molecule has 2 atom stereocenters. The van der Waals surface area contributed by atoms with Gasteiger partial charge in [-0.2, -0.15) is 5.01 Å². The van der Waals surface area contributed by atoms with E-state index in [1.54, 1.807) is 24.4 Å². The number of benzene rings is 1. The minimum atomic E-state index is -0.328. The average Bonchev–Trinajstić information content (AvgIpc) is 3.15. The Labute approximate surface area is 209 Å². The van der Waals surface area contributed by atoms with Gasteiger partial charge in [0.2, 0.25) is 11.8 Å². The fourth-order valence-corrected chi connectivity index (χ4v) is 6.03. The largest absolute Gasteiger partial charge is 0.489 e. The molecule has 0 N–H and O–H groups in total. The fraction of sp³-hybridized carbons (Fsp3) is 0.481. The van der Waals surface area contributed by atoms with E-state index in [-0.39, 0.29) is 61.0 Å². The topological polar surface area (TPSA) is 83.1 Å². The van der Waals surface area contributed by atoms with E-state index in [2.05, 4.69) is 9.88 Å². The first-order valence-electron chi connectivity index (χ1n) is 12.8. The smallest absolute Gasteiger partial charge is 0.273 e. The lowest BCUT2D eigenvalue weighted by molar-refractivity contribution is -0.163. The fourth-order valence-electron chi connectivity index (χ4n) is 6.03. The minimum Gasteiger partial charge on any atom is -0.489 e. The van der Waals surface area contributed by atoms with E-state index < -0.39 is 0 Å². The van der Waals surface area contributed by atoms with Gasteiger partial charge in [0.05, 0.1) is 12.7 Å². The van der Waals surface area contributed by atoms with Crippen LogP contribution in [-0.2, 0) is 16.1 Å². The highest BCUT2D eigenvalue weighted by Gasteiger charge is 2.41. The number of amides is 3. The summed E-state index contributed by atoms with van der Waals surface area (Å²) < 4.78 is 20.6. The SMILES string of the molecule is O=C1c2ccc(O[C@@H]3CCCC[C@@H]3N3CC(c4ccncc4F)C3)cc2CN1N1C(=O)CCCC1=O. The number of rotatable bonds is 5. The number of fused-ring (bicyclic) bond motifs is 1. The number of hydrogen-bond acceptors (Lipinski definition) is 6. The molecule has 0 radical (unpaired) electrons. The number of halogens is 1. The lowest BCUT2D eigenvalue weighted by Gasteiger charge is -2.48. The summed E-state index contributed by atoms with van der Waals surface area (Å²) in [6.45, 7) is 1.79. The number of carbonyl (C=O) groups excluding carboxylic acids is 3. The molecule has 3 fully saturated rings. The zero-order valence-corrected chi connectivity index (χ0v) is 20.1. The minimum absolute atomic E-state index is 0.0125. The molecule has 36 heavy (non-hydrogen) atoms. The predicted octanol–water partition coefficient (Wildman–Crippen LogP) is 3.42. The third-order valence-electron chi connectivity index (χ3n) is 7.93. The number of carbonyl (C=O) groups is 3. The summed E-state index contributed by atoms with van der Waals surface area (Å²) in [5, 5.41) is 2.29. The molecule has 1 aromatic carbocycles. The lowest BCUT2D eigenvalue weighted by Crippen LogP contribution is -2.57. The second-order valence-corrected chi connectivity index (χ2v) is 10.2. The number of ether oxygens (including phenoxy) is 1. The third-order valence-corrected chi connectivity index (χ3v) is 7.93. The van der Waals surface area contributed by atoms with Crippen molar-refractivity contribution in [2.45, 2.75) is 69.6 Å². The molecule has 0 bridgehead atoms. The van der Waals surface area contributed by atoms with Crippen LogP contribution in [0.4, 0.5) is 4.39 Å². The number of piperidine rings is 1. The molecule has 2 saturated heterocycles. The van der Waals surface area contributed by atoms with Crippen molar-refractivity contribution in [3.05, 3.63) is 59.2 Å². The molecular weight excluding hydrogens is 463 g/mol. The predicted molar refractivity (Wildman–Crippen MR) is 127 cm³/mol. The highest BCUT2D eigenvalue weighted by Crippen LogP contribution is 2.37. The Bertz CT molecular complexity index is 1200. The maximum absolute atomic E-state index is 14.1. The van der Waals surface area contributed by atoms with E-state index in [0.29, 0.717) is 17.7 Å². The molecule has 4 aliphatic rings. The number of imide groups is 1. The molecule has 0 unspecified atom stereocenters. The Morgan fingerprint density at radius 1 is 0.972 bits per heavy atom. The highest BCUT2D eigenvalue weighted by atomic mass is 19.1. The van der Waals surface area contributed by atoms with E-state index >= 15 is 0 Å². The van der Waals surface area contributed by atoms with Gasteiger partial charge in [0.15, 0.2) is 0 Å². The van der Waals surface area contributed by atoms with Crippen LogP contribution in [0.5, 0.6) is 5.75 Å². The number of aromatic nitrogens is 1. The van der Waals surface area contributed by atoms with Crippen LogP contribution in [0.3, 0.4) is 0 Å². The van der Waals surface area contributed by atoms with Crippen LogP contribution in [0.2, 0.25) is 0 Å². The third kappa shape index (κ3) is 4.05. The van der Waals surface area contributed by atoms with Crippen molar-refractivity contribution in [2.75, 3.05) is 13.1 Å². The summed E-state index contributed by atoms with van der Waals surface area (Å²) in [4.78, 5) is 43.9. The van der Waals surface area contributed by atoms with Crippen LogP contribution in [0.25, 0.3) is 0 Å². The maximum atomic E-state index is 14.1. The average molecular weight is 493 g/mol. The van der Waals surface area contributed by atoms with Crippen molar-refractivity contribution in [3.63, 3.8) is 0 Å². The second-order valence-electron chi connectivity index (χ2n) is 10.2. The molecule has 4 heterocycles. The van der Waals surface area contributed by atoms with Gasteiger partial charge in [-0.05, 0) is 61.1 Å². The molecule has 1 aromatic heterocycles. The molecule has 9 heteroatoms. The Balaban J connectivity index is 1.14. The molecular formula is C27H29FN4O4. The maximum Gasteiger partial charge on any atom is 0.273 e. The number of hydrazine groups is 1. The summed E-state index contributed by atoms with van der Waals surface area (Å²) in [5.41, 5.74) is 1.99. The van der Waals surface area contributed by atoms with Crippen molar-refractivity contribution in [2.24, 2.45) is 0 Å². The molecule has 8 nitrogen and oxygen atoms in total. The first-order chi connectivity index (χ1) is 17.5. The van der Waals surface area contributed by atoms with Crippen molar-refractivity contribution >= 4 is 17.7 Å². The van der Waals surface area contributed by atoms with Gasteiger partial charge in [0.25, 0.3) is 5.91 Å². The summed E-state index contributed by atoms with van der Waals surface area (Å²) >= 11 is 0. The van der Waals surface area contributed by atoms with E-state index in [1.807, 2.05) is 6.07 Å². The van der Waals surface area contributed by atoms with E-state index in [9.17, 15) is 18.8 Å². The van der Waals surface area contributed by atoms with Gasteiger partial charge in [-0.3, -0.25) is 24.3 Å². The Hall–Kier alpha value is -3.33. The molecule has 0 spiro atoms. The van der Waals surface area contributed by atoms with Gasteiger partial charge in [0.1, 0.15) is 17.7 Å². The van der Waals surface area contributed by atoms with Gasteiger partial charge in [-0.25, -0.2) is 9.40 Å². The van der Waals surface area contributed by atoms with Crippen LogP contribution >= 0.6 is 0 Å². The molecule has 1 saturated carbocycles. The van der Waals surface area contributed by atoms with Crippen molar-refractivity contribution in [3.8, 4) is 5.75 Å². The summed E-state index contributed by atoms with van der Waals surface area (Å²) in [6.07, 6.45) is 8.21. The van der Waals surface area contributed by atoms with Crippen molar-refractivity contribution < 1.29 is 23.5 Å². The summed E-state index contributed by atoms with van der Waals surface area (Å²) in [7, 11) is 0. The van der Waals surface area contributed by atoms with E-state index in [4.69, 9.17) is 4.74 Å². The van der Waals surface area contributed by atoms with Crippen LogP contribution in [0.15, 0.2) is 36.7 Å². The van der Waals surface area contributed by atoms with Gasteiger partial charge in [-0.1, -0.05) is 6.42 Å². The van der Waals surface area contributed by atoms with Crippen molar-refractivity contribution in [1.82, 2.24) is 19.9 Å². The Morgan fingerprint density at radius 3 is 2.53 bits per heavy atom. The molecule has 3 aliphatic heterocycles. The second kappa shape index (κ2) is 9.28. The number of likely N-dealkylation sites (tertiary alicyclic amines) is 1. The quantitative estimate of drug-likeness (QED) is 0.595. The monoisotopic (exact) mass is 492 g/mol. The van der Waals surface area contributed by atoms with Crippen LogP contribution in [0.1, 0.15) is 72.3 Å². The van der Waals surface area contributed by atoms with Gasteiger partial charge in [0, 0.05) is 49.7 Å². The standard InChI is InChI=1S/C27H29FN4O4/c28-22-13-29-11-10-20(22)18-14-30(15-18)23-4-1-2-5-24(23)36-19-8-9-21-17(12-19)16-31(27(21)35)32-25(33)6-3-7-26(32)34/h8-13,18,23-24H,1-7,14-16H2/t23-,24+/m0/s1. The zero-order valence-electron chi connectivity index (χ0n) is 20.1. The molecule has 6 rings (SSSR count). The number of hydrogen-bond donors (Lipinski definition) is 0. The van der Waals surface area contributed by atoms with E-state index in [1.165, 1.54) is 11.2 Å². The lowest BCUT2D eigenvalue weighted by atomic mass is 9.84. The first kappa shape index (κ1) is 23.1. The summed E-state index contributed by atoms with van der Waals surface area (Å²) in [5.74, 6) is -0.359. The van der Waals surface area contributed by atoms with E-state index in [0.717, 1.165) is 54.9 Å². The van der Waals surface area contributed by atoms with Crippen molar-refractivity contribution in [1.29, 1.82) is 0 Å². The molecule has 188 valence electrons. The Morgan fingerprint density at radius 2 is 1.75 bits per heavy atom. The van der Waals surface area contributed by atoms with Crippen LogP contribution < -0.4 is 4.74 Å². The van der Waals surface area contributed by atoms with Crippen LogP contribution in [0, 0.1) is 5.82 Å². The number of pyridine rings is 1. The Kier molecular flexibility index (Phi) is 5.95. The number of nitrogens with zero attached hydrogens (tertiary/aromatic N) is 4. The summed E-state index contributed by atoms with van der Waals surface area (Å²) in [6, 6.07) is 7.43. The highest BCUT2D eigenvalue weighted by molar-refractivity contribution is 6.04. The molecule has 3 amide bonds.